The van der Waals surface area contributed by atoms with Crippen LogP contribution >= 0.6 is 11.3 Å². The summed E-state index contributed by atoms with van der Waals surface area (Å²) in [6.45, 7) is 4.05. The molecule has 0 fully saturated rings. The van der Waals surface area contributed by atoms with Gasteiger partial charge in [-0.05, 0) is 37.1 Å². The van der Waals surface area contributed by atoms with Crippen LogP contribution in [-0.4, -0.2) is 15.7 Å². The standard InChI is InChI=1S/C21H18FN3OS/c1-13-6-5-7-14(2)18(13)23-20-19(16-8-3-4-9-17(16)22)24-21-25(20)15(10-11-26)12-27-21/h3-9,11-12,23H,10H2,1-2H3. The third kappa shape index (κ3) is 3.02. The molecule has 2 aromatic heterocycles. The summed E-state index contributed by atoms with van der Waals surface area (Å²) in [6.07, 6.45) is 1.14. The summed E-state index contributed by atoms with van der Waals surface area (Å²) in [6, 6.07) is 12.7. The van der Waals surface area contributed by atoms with E-state index in [1.807, 2.05) is 41.8 Å². The molecule has 4 nitrogen and oxygen atoms in total. The molecule has 0 saturated heterocycles. The summed E-state index contributed by atoms with van der Waals surface area (Å²) in [5, 5.41) is 5.38. The molecule has 0 aliphatic rings. The lowest BCUT2D eigenvalue weighted by atomic mass is 10.1. The van der Waals surface area contributed by atoms with Crippen LogP contribution in [0.15, 0.2) is 47.8 Å². The first-order valence-electron chi connectivity index (χ1n) is 8.60. The number of anilines is 2. The van der Waals surface area contributed by atoms with E-state index < -0.39 is 0 Å². The minimum atomic E-state index is -0.329. The lowest BCUT2D eigenvalue weighted by Crippen LogP contribution is -2.03. The molecule has 1 N–H and O–H groups in total. The van der Waals surface area contributed by atoms with Gasteiger partial charge in [0.05, 0.1) is 0 Å². The fourth-order valence-electron chi connectivity index (χ4n) is 3.23. The van der Waals surface area contributed by atoms with E-state index in [4.69, 9.17) is 0 Å². The number of carbonyl (C=O) groups is 1. The predicted octanol–water partition coefficient (Wildman–Crippen LogP) is 5.30. The van der Waals surface area contributed by atoms with Crippen LogP contribution in [0.5, 0.6) is 0 Å². The Hall–Kier alpha value is -2.99. The van der Waals surface area contributed by atoms with E-state index in [2.05, 4.69) is 10.3 Å². The second kappa shape index (κ2) is 6.96. The number of imidazole rings is 1. The Morgan fingerprint density at radius 1 is 1.15 bits per heavy atom. The lowest BCUT2D eigenvalue weighted by molar-refractivity contribution is -0.107. The van der Waals surface area contributed by atoms with Crippen molar-refractivity contribution in [2.75, 3.05) is 5.32 Å². The maximum Gasteiger partial charge on any atom is 0.196 e. The first-order chi connectivity index (χ1) is 13.1. The second-order valence-corrected chi connectivity index (χ2v) is 7.23. The van der Waals surface area contributed by atoms with Gasteiger partial charge in [-0.3, -0.25) is 4.40 Å². The van der Waals surface area contributed by atoms with Crippen molar-refractivity contribution in [3.8, 4) is 11.3 Å². The summed E-state index contributed by atoms with van der Waals surface area (Å²) in [4.78, 5) is 16.5. The third-order valence-corrected chi connectivity index (χ3v) is 5.45. The number of nitrogens with one attached hydrogen (secondary N) is 1. The van der Waals surface area contributed by atoms with Crippen LogP contribution < -0.4 is 5.32 Å². The number of aromatic nitrogens is 2. The van der Waals surface area contributed by atoms with Gasteiger partial charge < -0.3 is 10.1 Å². The van der Waals surface area contributed by atoms with Crippen LogP contribution in [0.4, 0.5) is 15.9 Å². The number of fused-ring (bicyclic) bond motifs is 1. The van der Waals surface area contributed by atoms with Crippen molar-refractivity contribution >= 4 is 34.1 Å². The van der Waals surface area contributed by atoms with Gasteiger partial charge in [0, 0.05) is 28.7 Å². The van der Waals surface area contributed by atoms with Crippen molar-refractivity contribution in [2.24, 2.45) is 0 Å². The highest BCUT2D eigenvalue weighted by Crippen LogP contribution is 2.36. The van der Waals surface area contributed by atoms with Crippen LogP contribution in [0, 0.1) is 19.7 Å². The molecule has 0 atom stereocenters. The largest absolute Gasteiger partial charge is 0.339 e. The van der Waals surface area contributed by atoms with Crippen LogP contribution in [0.25, 0.3) is 16.2 Å². The fraction of sp³-hybridized carbons (Fsp3) is 0.143. The molecule has 136 valence electrons. The number of thiazole rings is 1. The van der Waals surface area contributed by atoms with Gasteiger partial charge in [-0.25, -0.2) is 9.37 Å². The minimum absolute atomic E-state index is 0.272. The molecule has 2 aromatic carbocycles. The van der Waals surface area contributed by atoms with Crippen molar-refractivity contribution in [3.05, 3.63) is 70.5 Å². The first kappa shape index (κ1) is 17.4. The number of halogens is 1. The van der Waals surface area contributed by atoms with Crippen molar-refractivity contribution in [1.82, 2.24) is 9.38 Å². The third-order valence-electron chi connectivity index (χ3n) is 4.58. The number of carbonyl (C=O) groups excluding carboxylic acids is 1. The van der Waals surface area contributed by atoms with E-state index in [0.717, 1.165) is 33.8 Å². The van der Waals surface area contributed by atoms with E-state index >= 15 is 0 Å². The highest BCUT2D eigenvalue weighted by Gasteiger charge is 2.21. The molecule has 0 amide bonds. The molecule has 2 heterocycles. The topological polar surface area (TPSA) is 46.4 Å². The van der Waals surface area contributed by atoms with Gasteiger partial charge in [-0.2, -0.15) is 0 Å². The molecule has 0 aliphatic carbocycles. The molecule has 6 heteroatoms. The average Bonchev–Trinajstić information content (AvgIpc) is 3.19. The summed E-state index contributed by atoms with van der Waals surface area (Å²) in [5.74, 6) is 0.343. The monoisotopic (exact) mass is 379 g/mol. The minimum Gasteiger partial charge on any atom is -0.339 e. The fourth-order valence-corrected chi connectivity index (χ4v) is 4.13. The number of aryl methyl sites for hydroxylation is 2. The first-order valence-corrected chi connectivity index (χ1v) is 9.48. The van der Waals surface area contributed by atoms with Gasteiger partial charge in [-0.1, -0.05) is 30.3 Å². The smallest absolute Gasteiger partial charge is 0.196 e. The molecule has 0 unspecified atom stereocenters. The molecule has 0 spiro atoms. The van der Waals surface area contributed by atoms with E-state index in [0.29, 0.717) is 17.1 Å². The number of benzene rings is 2. The van der Waals surface area contributed by atoms with Crippen LogP contribution in [0.3, 0.4) is 0 Å². The molecule has 0 saturated carbocycles. The molecular formula is C21H18FN3OS. The van der Waals surface area contributed by atoms with Crippen LogP contribution in [0.2, 0.25) is 0 Å². The Morgan fingerprint density at radius 3 is 2.59 bits per heavy atom. The van der Waals surface area contributed by atoms with Gasteiger partial charge in [-0.15, -0.1) is 11.3 Å². The molecule has 27 heavy (non-hydrogen) atoms. The van der Waals surface area contributed by atoms with E-state index in [1.165, 1.54) is 17.4 Å². The quantitative estimate of drug-likeness (QED) is 0.478. The van der Waals surface area contributed by atoms with E-state index in [-0.39, 0.29) is 12.2 Å². The van der Waals surface area contributed by atoms with Gasteiger partial charge in [0.2, 0.25) is 0 Å². The predicted molar refractivity (Wildman–Crippen MR) is 107 cm³/mol. The molecular weight excluding hydrogens is 361 g/mol. The van der Waals surface area contributed by atoms with E-state index in [1.54, 1.807) is 18.2 Å². The Morgan fingerprint density at radius 2 is 1.89 bits per heavy atom. The number of aldehydes is 1. The zero-order valence-corrected chi connectivity index (χ0v) is 15.8. The van der Waals surface area contributed by atoms with Gasteiger partial charge in [0.15, 0.2) is 4.96 Å². The van der Waals surface area contributed by atoms with Crippen LogP contribution in [-0.2, 0) is 11.2 Å². The molecule has 4 rings (SSSR count). The Bertz CT molecular complexity index is 1130. The number of para-hydroxylation sites is 1. The summed E-state index contributed by atoms with van der Waals surface area (Å²) in [5.41, 5.74) is 4.91. The van der Waals surface area contributed by atoms with Crippen molar-refractivity contribution in [2.45, 2.75) is 20.3 Å². The van der Waals surface area contributed by atoms with Crippen molar-refractivity contribution < 1.29 is 9.18 Å². The zero-order chi connectivity index (χ0) is 19.0. The Kier molecular flexibility index (Phi) is 4.49. The zero-order valence-electron chi connectivity index (χ0n) is 15.0. The van der Waals surface area contributed by atoms with Crippen molar-refractivity contribution in [1.29, 1.82) is 0 Å². The Labute approximate surface area is 160 Å². The van der Waals surface area contributed by atoms with Crippen LogP contribution in [0.1, 0.15) is 16.8 Å². The van der Waals surface area contributed by atoms with Gasteiger partial charge in [0.1, 0.15) is 23.6 Å². The molecule has 0 radical (unpaired) electrons. The maximum atomic E-state index is 14.5. The number of hydrogen-bond donors (Lipinski definition) is 1. The summed E-state index contributed by atoms with van der Waals surface area (Å²) >= 11 is 1.44. The molecule has 0 aliphatic heterocycles. The highest BCUT2D eigenvalue weighted by molar-refractivity contribution is 7.15. The number of hydrogen-bond acceptors (Lipinski definition) is 4. The SMILES string of the molecule is Cc1cccc(C)c1Nc1c(-c2ccccc2F)nc2scc(CC=O)n12. The van der Waals surface area contributed by atoms with Gasteiger partial charge in [0.25, 0.3) is 0 Å². The maximum absolute atomic E-state index is 14.5. The summed E-state index contributed by atoms with van der Waals surface area (Å²) < 4.78 is 16.4. The normalized spacial score (nSPS) is 11.1. The summed E-state index contributed by atoms with van der Waals surface area (Å²) in [7, 11) is 0. The molecule has 0 bridgehead atoms. The number of rotatable bonds is 5. The van der Waals surface area contributed by atoms with E-state index in [9.17, 15) is 9.18 Å². The Balaban J connectivity index is 1.98. The number of nitrogens with zero attached hydrogens (tertiary/aromatic N) is 2. The lowest BCUT2D eigenvalue weighted by Gasteiger charge is -2.14. The second-order valence-electron chi connectivity index (χ2n) is 6.40. The molecule has 4 aromatic rings. The average molecular weight is 379 g/mol. The highest BCUT2D eigenvalue weighted by atomic mass is 32.1. The van der Waals surface area contributed by atoms with Gasteiger partial charge >= 0.3 is 0 Å². The van der Waals surface area contributed by atoms with Crippen molar-refractivity contribution in [3.63, 3.8) is 0 Å².